The molecule has 0 radical (unpaired) electrons. The number of halogens is 1. The molecule has 130 valence electrons. The van der Waals surface area contributed by atoms with Gasteiger partial charge in [0.25, 0.3) is 0 Å². The third kappa shape index (κ3) is 4.35. The summed E-state index contributed by atoms with van der Waals surface area (Å²) in [6.07, 6.45) is 0.241. The molecule has 2 N–H and O–H groups in total. The summed E-state index contributed by atoms with van der Waals surface area (Å²) in [5, 5.41) is 5.46. The monoisotopic (exact) mass is 342 g/mol. The van der Waals surface area contributed by atoms with Crippen molar-refractivity contribution >= 4 is 17.7 Å². The van der Waals surface area contributed by atoms with Crippen molar-refractivity contribution in [3.05, 3.63) is 65.5 Å². The maximum absolute atomic E-state index is 13.3. The molecular formula is C19H19FN2O3. The molecule has 25 heavy (non-hydrogen) atoms. The first-order valence-electron chi connectivity index (χ1n) is 8.04. The molecule has 1 saturated carbocycles. The molecule has 0 unspecified atom stereocenters. The third-order valence-corrected chi connectivity index (χ3v) is 4.25. The fourth-order valence-electron chi connectivity index (χ4n) is 2.78. The number of methoxy groups -OCH3 is 1. The smallest absolute Gasteiger partial charge is 0.407 e. The highest BCUT2D eigenvalue weighted by Gasteiger charge is 2.44. The van der Waals surface area contributed by atoms with Gasteiger partial charge in [0.2, 0.25) is 5.91 Å². The molecule has 2 aromatic rings. The van der Waals surface area contributed by atoms with E-state index in [4.69, 9.17) is 0 Å². The molecule has 1 aliphatic carbocycles. The van der Waals surface area contributed by atoms with E-state index in [0.29, 0.717) is 12.2 Å². The number of carbonyl (C=O) groups is 2. The van der Waals surface area contributed by atoms with Crippen molar-refractivity contribution in [1.29, 1.82) is 0 Å². The van der Waals surface area contributed by atoms with Gasteiger partial charge in [0.05, 0.1) is 7.11 Å². The van der Waals surface area contributed by atoms with Crippen LogP contribution in [0, 0.1) is 11.7 Å². The highest BCUT2D eigenvalue weighted by atomic mass is 19.1. The molecule has 0 bridgehead atoms. The summed E-state index contributed by atoms with van der Waals surface area (Å²) in [6.45, 7) is 0.352. The Morgan fingerprint density at radius 1 is 1.20 bits per heavy atom. The molecule has 3 rings (SSSR count). The summed E-state index contributed by atoms with van der Waals surface area (Å²) in [6, 6.07) is 13.6. The van der Waals surface area contributed by atoms with Gasteiger partial charge in [-0.15, -0.1) is 0 Å². The summed E-state index contributed by atoms with van der Waals surface area (Å²) in [7, 11) is 1.31. The molecule has 2 amide bonds. The van der Waals surface area contributed by atoms with Crippen molar-refractivity contribution in [1.82, 2.24) is 5.32 Å². The van der Waals surface area contributed by atoms with Crippen molar-refractivity contribution < 1.29 is 18.7 Å². The Balaban J connectivity index is 1.53. The Morgan fingerprint density at radius 3 is 2.64 bits per heavy atom. The van der Waals surface area contributed by atoms with Gasteiger partial charge in [0, 0.05) is 18.2 Å². The number of nitrogens with one attached hydrogen (secondary N) is 2. The molecule has 6 heteroatoms. The molecule has 2 atom stereocenters. The summed E-state index contributed by atoms with van der Waals surface area (Å²) >= 11 is 0. The Kier molecular flexibility index (Phi) is 4.97. The van der Waals surface area contributed by atoms with E-state index in [1.165, 1.54) is 19.2 Å². The van der Waals surface area contributed by atoms with E-state index in [1.807, 2.05) is 18.2 Å². The zero-order valence-electron chi connectivity index (χ0n) is 13.8. The normalized spacial score (nSPS) is 18.3. The Morgan fingerprint density at radius 2 is 1.96 bits per heavy atom. The SMILES string of the molecule is COC(=O)NCc1ccc(NC(=O)[C@@H]2C[C@H]2c2cccc(F)c2)cc1. The third-order valence-electron chi connectivity index (χ3n) is 4.25. The minimum Gasteiger partial charge on any atom is -0.453 e. The lowest BCUT2D eigenvalue weighted by Crippen LogP contribution is -2.22. The van der Waals surface area contributed by atoms with Gasteiger partial charge in [0.1, 0.15) is 5.82 Å². The van der Waals surface area contributed by atoms with E-state index in [1.54, 1.807) is 18.2 Å². The summed E-state index contributed by atoms with van der Waals surface area (Å²) < 4.78 is 17.8. The molecule has 0 heterocycles. The van der Waals surface area contributed by atoms with E-state index in [9.17, 15) is 14.0 Å². The van der Waals surface area contributed by atoms with Crippen LogP contribution < -0.4 is 10.6 Å². The number of hydrogen-bond donors (Lipinski definition) is 2. The first-order valence-corrected chi connectivity index (χ1v) is 8.04. The van der Waals surface area contributed by atoms with Crippen LogP contribution in [0.4, 0.5) is 14.9 Å². The minimum atomic E-state index is -0.491. The van der Waals surface area contributed by atoms with E-state index < -0.39 is 6.09 Å². The van der Waals surface area contributed by atoms with E-state index in [2.05, 4.69) is 15.4 Å². The van der Waals surface area contributed by atoms with Gasteiger partial charge < -0.3 is 15.4 Å². The Bertz CT molecular complexity index is 776. The van der Waals surface area contributed by atoms with Gasteiger partial charge in [-0.2, -0.15) is 0 Å². The van der Waals surface area contributed by atoms with Crippen LogP contribution in [0.2, 0.25) is 0 Å². The number of amides is 2. The van der Waals surface area contributed by atoms with Gasteiger partial charge in [0.15, 0.2) is 0 Å². The van der Waals surface area contributed by atoms with E-state index >= 15 is 0 Å². The van der Waals surface area contributed by atoms with Gasteiger partial charge in [-0.25, -0.2) is 9.18 Å². The molecule has 0 aliphatic heterocycles. The zero-order valence-corrected chi connectivity index (χ0v) is 13.8. The van der Waals surface area contributed by atoms with Gasteiger partial charge in [-0.05, 0) is 47.7 Å². The molecule has 0 aromatic heterocycles. The van der Waals surface area contributed by atoms with E-state index in [-0.39, 0.29) is 23.6 Å². The van der Waals surface area contributed by atoms with Crippen LogP contribution in [0.25, 0.3) is 0 Å². The number of ether oxygens (including phenoxy) is 1. The van der Waals surface area contributed by atoms with Crippen molar-refractivity contribution in [3.8, 4) is 0 Å². The van der Waals surface area contributed by atoms with Crippen LogP contribution in [-0.2, 0) is 16.1 Å². The quantitative estimate of drug-likeness (QED) is 0.875. The fourth-order valence-corrected chi connectivity index (χ4v) is 2.78. The highest BCUT2D eigenvalue weighted by molar-refractivity contribution is 5.95. The number of benzene rings is 2. The molecule has 5 nitrogen and oxygen atoms in total. The van der Waals surface area contributed by atoms with Crippen LogP contribution in [0.3, 0.4) is 0 Å². The lowest BCUT2D eigenvalue weighted by Gasteiger charge is -2.07. The number of rotatable bonds is 5. The number of hydrogen-bond acceptors (Lipinski definition) is 3. The molecule has 0 spiro atoms. The average Bonchev–Trinajstić information content (AvgIpc) is 3.42. The largest absolute Gasteiger partial charge is 0.453 e. The number of carbonyl (C=O) groups excluding carboxylic acids is 2. The second-order valence-electron chi connectivity index (χ2n) is 6.04. The zero-order chi connectivity index (χ0) is 17.8. The van der Waals surface area contributed by atoms with Crippen LogP contribution in [0.1, 0.15) is 23.5 Å². The summed E-state index contributed by atoms with van der Waals surface area (Å²) in [4.78, 5) is 23.3. The standard InChI is InChI=1S/C19H19FN2O3/c1-25-19(24)21-11-12-5-7-15(8-6-12)22-18(23)17-10-16(17)13-3-2-4-14(20)9-13/h2-9,16-17H,10-11H2,1H3,(H,21,24)(H,22,23)/t16-,17+/m0/s1. The lowest BCUT2D eigenvalue weighted by molar-refractivity contribution is -0.117. The molecule has 2 aromatic carbocycles. The average molecular weight is 342 g/mol. The minimum absolute atomic E-state index is 0.0605. The molecule has 1 aliphatic rings. The lowest BCUT2D eigenvalue weighted by atomic mass is 10.1. The Labute approximate surface area is 145 Å². The van der Waals surface area contributed by atoms with Crippen LogP contribution in [0.5, 0.6) is 0 Å². The Hall–Kier alpha value is -2.89. The maximum atomic E-state index is 13.3. The first kappa shape index (κ1) is 17.0. The maximum Gasteiger partial charge on any atom is 0.407 e. The second kappa shape index (κ2) is 7.34. The van der Waals surface area contributed by atoms with E-state index in [0.717, 1.165) is 17.5 Å². The molecule has 0 saturated heterocycles. The molecular weight excluding hydrogens is 323 g/mol. The molecule has 1 fully saturated rings. The van der Waals surface area contributed by atoms with Crippen LogP contribution >= 0.6 is 0 Å². The number of anilines is 1. The van der Waals surface area contributed by atoms with Gasteiger partial charge in [-0.1, -0.05) is 24.3 Å². The first-order chi connectivity index (χ1) is 12.1. The van der Waals surface area contributed by atoms with Crippen molar-refractivity contribution in [3.63, 3.8) is 0 Å². The summed E-state index contributed by atoms with van der Waals surface area (Å²) in [5.41, 5.74) is 2.45. The second-order valence-corrected chi connectivity index (χ2v) is 6.04. The predicted molar refractivity (Wildman–Crippen MR) is 91.6 cm³/mol. The highest BCUT2D eigenvalue weighted by Crippen LogP contribution is 2.48. The van der Waals surface area contributed by atoms with Crippen molar-refractivity contribution in [2.45, 2.75) is 18.9 Å². The van der Waals surface area contributed by atoms with Gasteiger partial charge in [-0.3, -0.25) is 4.79 Å². The van der Waals surface area contributed by atoms with Crippen molar-refractivity contribution in [2.75, 3.05) is 12.4 Å². The van der Waals surface area contributed by atoms with Crippen LogP contribution in [0.15, 0.2) is 48.5 Å². The fraction of sp³-hybridized carbons (Fsp3) is 0.263. The van der Waals surface area contributed by atoms with Crippen molar-refractivity contribution in [2.24, 2.45) is 5.92 Å². The van der Waals surface area contributed by atoms with Gasteiger partial charge >= 0.3 is 6.09 Å². The predicted octanol–water partition coefficient (Wildman–Crippen LogP) is 3.42. The number of alkyl carbamates (subject to hydrolysis) is 1. The summed E-state index contributed by atoms with van der Waals surface area (Å²) in [5.74, 6) is -0.379. The topological polar surface area (TPSA) is 67.4 Å². The van der Waals surface area contributed by atoms with Crippen LogP contribution in [-0.4, -0.2) is 19.1 Å².